The first-order chi connectivity index (χ1) is 11.6. The van der Waals surface area contributed by atoms with Crippen molar-refractivity contribution in [1.29, 1.82) is 0 Å². The number of phenols is 2. The van der Waals surface area contributed by atoms with Gasteiger partial charge in [-0.25, -0.2) is 4.79 Å². The molecule has 0 unspecified atom stereocenters. The molecule has 3 aromatic rings. The quantitative estimate of drug-likeness (QED) is 0.493. The van der Waals surface area contributed by atoms with Crippen LogP contribution in [0.15, 0.2) is 72.8 Å². The van der Waals surface area contributed by atoms with Gasteiger partial charge in [-0.05, 0) is 47.0 Å². The van der Waals surface area contributed by atoms with E-state index in [-0.39, 0.29) is 74.4 Å². The molecular weight excluding hydrogens is 343 g/mol. The van der Waals surface area contributed by atoms with Gasteiger partial charge in [-0.15, -0.1) is 0 Å². The van der Waals surface area contributed by atoms with Gasteiger partial charge in [0.2, 0.25) is 0 Å². The van der Waals surface area contributed by atoms with Gasteiger partial charge >= 0.3 is 57.4 Å². The van der Waals surface area contributed by atoms with Crippen LogP contribution in [-0.4, -0.2) is 72.7 Å². The molecule has 0 aliphatic carbocycles. The Morgan fingerprint density at radius 3 is 1.60 bits per heavy atom. The Morgan fingerprint density at radius 2 is 1.16 bits per heavy atom. The second-order valence-corrected chi connectivity index (χ2v) is 5.51. The van der Waals surface area contributed by atoms with E-state index in [1.54, 1.807) is 72.8 Å². The molecule has 3 rings (SSSR count). The number of carboxylic acid groups (broad SMARTS) is 1. The fourth-order valence-corrected chi connectivity index (χ4v) is 2.83. The predicted octanol–water partition coefficient (Wildman–Crippen LogP) is 3.33. The summed E-state index contributed by atoms with van der Waals surface area (Å²) < 4.78 is 0. The van der Waals surface area contributed by atoms with E-state index < -0.39 is 5.97 Å². The van der Waals surface area contributed by atoms with Gasteiger partial charge in [0.25, 0.3) is 0 Å². The van der Waals surface area contributed by atoms with Crippen molar-refractivity contribution >= 4 is 57.4 Å². The van der Waals surface area contributed by atoms with Crippen LogP contribution in [0.3, 0.4) is 0 Å². The van der Waals surface area contributed by atoms with Crippen LogP contribution >= 0.6 is 0 Å². The molecule has 0 bridgehead atoms. The maximum atomic E-state index is 11.6. The maximum absolute atomic E-state index is 11.6. The molecule has 0 radical (unpaired) electrons. The van der Waals surface area contributed by atoms with Crippen LogP contribution in [0, 0.1) is 0 Å². The first-order valence-electron chi connectivity index (χ1n) is 7.46. The van der Waals surface area contributed by atoms with Crippen molar-refractivity contribution in [3.05, 3.63) is 95.1 Å². The van der Waals surface area contributed by atoms with E-state index in [4.69, 9.17) is 0 Å². The van der Waals surface area contributed by atoms with Gasteiger partial charge in [0.1, 0.15) is 11.5 Å². The van der Waals surface area contributed by atoms with Crippen LogP contribution in [0.25, 0.3) is 0 Å². The van der Waals surface area contributed by atoms with E-state index in [0.717, 1.165) is 11.1 Å². The van der Waals surface area contributed by atoms with Crippen molar-refractivity contribution in [3.63, 3.8) is 0 Å². The first-order valence-corrected chi connectivity index (χ1v) is 7.46. The number of rotatable bonds is 4. The van der Waals surface area contributed by atoms with Crippen LogP contribution in [0.5, 0.6) is 11.5 Å². The summed E-state index contributed by atoms with van der Waals surface area (Å²) in [5.74, 6) is -1.02. The summed E-state index contributed by atoms with van der Waals surface area (Å²) in [7, 11) is 0. The zero-order chi connectivity index (χ0) is 17.1. The minimum atomic E-state index is -0.992. The second kappa shape index (κ2) is 8.65. The van der Waals surface area contributed by atoms with Crippen LogP contribution < -0.4 is 0 Å². The topological polar surface area (TPSA) is 77.8 Å². The van der Waals surface area contributed by atoms with Gasteiger partial charge in [0.05, 0.1) is 5.56 Å². The van der Waals surface area contributed by atoms with Crippen molar-refractivity contribution in [2.75, 3.05) is 0 Å². The number of carbonyl (C=O) groups is 1. The Morgan fingerprint density at radius 1 is 0.720 bits per heavy atom. The normalized spacial score (nSPS) is 10.3. The van der Waals surface area contributed by atoms with E-state index in [0.29, 0.717) is 5.56 Å². The standard InChI is InChI=1S/C20H16O4.K.H/c21-15-9-5-13(6-10-15)19(14-7-11-16(22)12-8-14)17-3-1-2-4-18(17)20(23)24;;/h1-12,19,21-22H,(H,23,24);;. The Hall–Kier alpha value is -1.63. The molecule has 0 heterocycles. The van der Waals surface area contributed by atoms with Crippen LogP contribution in [0.1, 0.15) is 33.0 Å². The number of hydrogen-bond acceptors (Lipinski definition) is 3. The first kappa shape index (κ1) is 19.7. The second-order valence-electron chi connectivity index (χ2n) is 5.51. The predicted molar refractivity (Wildman–Crippen MR) is 97.7 cm³/mol. The number of hydrogen-bond donors (Lipinski definition) is 3. The molecule has 25 heavy (non-hydrogen) atoms. The van der Waals surface area contributed by atoms with Gasteiger partial charge in [-0.1, -0.05) is 42.5 Å². The Bertz CT molecular complexity index is 812. The fourth-order valence-electron chi connectivity index (χ4n) is 2.83. The van der Waals surface area contributed by atoms with E-state index in [2.05, 4.69) is 0 Å². The molecule has 3 aromatic carbocycles. The summed E-state index contributed by atoms with van der Waals surface area (Å²) in [4.78, 5) is 11.6. The molecule has 5 heteroatoms. The van der Waals surface area contributed by atoms with Gasteiger partial charge in [-0.2, -0.15) is 0 Å². The summed E-state index contributed by atoms with van der Waals surface area (Å²) >= 11 is 0. The molecule has 0 atom stereocenters. The summed E-state index contributed by atoms with van der Waals surface area (Å²) in [6.45, 7) is 0. The van der Waals surface area contributed by atoms with Crippen molar-refractivity contribution < 1.29 is 20.1 Å². The van der Waals surface area contributed by atoms with Crippen molar-refractivity contribution in [2.24, 2.45) is 0 Å². The molecule has 3 N–H and O–H groups in total. The van der Waals surface area contributed by atoms with Gasteiger partial charge in [0, 0.05) is 5.92 Å². The fraction of sp³-hybridized carbons (Fsp3) is 0.0500. The molecule has 0 aliphatic heterocycles. The van der Waals surface area contributed by atoms with Crippen molar-refractivity contribution in [3.8, 4) is 11.5 Å². The molecule has 0 saturated carbocycles. The third kappa shape index (κ3) is 4.51. The average molecular weight is 360 g/mol. The number of phenolic OH excluding ortho intramolecular Hbond substituents is 2. The minimum absolute atomic E-state index is 0. The van der Waals surface area contributed by atoms with Crippen molar-refractivity contribution in [1.82, 2.24) is 0 Å². The van der Waals surface area contributed by atoms with E-state index in [1.165, 1.54) is 0 Å². The van der Waals surface area contributed by atoms with Crippen LogP contribution in [-0.2, 0) is 0 Å². The Labute approximate surface area is 188 Å². The van der Waals surface area contributed by atoms with Crippen LogP contribution in [0.2, 0.25) is 0 Å². The van der Waals surface area contributed by atoms with Gasteiger partial charge in [-0.3, -0.25) is 0 Å². The molecule has 0 aliphatic rings. The summed E-state index contributed by atoms with van der Waals surface area (Å²) in [6, 6.07) is 20.2. The molecular formula is C20H17KO4. The van der Waals surface area contributed by atoms with Gasteiger partial charge in [0.15, 0.2) is 0 Å². The molecule has 0 spiro atoms. The number of aromatic carboxylic acids is 1. The molecule has 0 saturated heterocycles. The van der Waals surface area contributed by atoms with Crippen molar-refractivity contribution in [2.45, 2.75) is 5.92 Å². The molecule has 0 aromatic heterocycles. The van der Waals surface area contributed by atoms with E-state index in [1.807, 2.05) is 0 Å². The van der Waals surface area contributed by atoms with Crippen LogP contribution in [0.4, 0.5) is 0 Å². The zero-order valence-corrected chi connectivity index (χ0v) is 12.8. The monoisotopic (exact) mass is 360 g/mol. The number of carboxylic acids is 1. The summed E-state index contributed by atoms with van der Waals surface area (Å²) in [6.07, 6.45) is 0. The van der Waals surface area contributed by atoms with Gasteiger partial charge < -0.3 is 15.3 Å². The summed E-state index contributed by atoms with van der Waals surface area (Å²) in [5, 5.41) is 28.6. The third-order valence-corrected chi connectivity index (χ3v) is 3.96. The Kier molecular flexibility index (Phi) is 6.81. The molecule has 0 amide bonds. The molecule has 0 fully saturated rings. The summed E-state index contributed by atoms with van der Waals surface area (Å²) in [5.41, 5.74) is 2.59. The number of aromatic hydroxyl groups is 2. The SMILES string of the molecule is O=C(O)c1ccccc1C(c1ccc(O)cc1)c1ccc(O)cc1.[KH]. The molecule has 122 valence electrons. The molecule has 4 nitrogen and oxygen atoms in total. The average Bonchev–Trinajstić information content (AvgIpc) is 2.59. The number of benzene rings is 3. The van der Waals surface area contributed by atoms with E-state index >= 15 is 0 Å². The van der Waals surface area contributed by atoms with E-state index in [9.17, 15) is 20.1 Å². The Balaban J connectivity index is 0.00000225. The zero-order valence-electron chi connectivity index (χ0n) is 12.8. The third-order valence-electron chi connectivity index (χ3n) is 3.96.